The fraction of sp³-hybridized carbons (Fsp3) is 0.400. The van der Waals surface area contributed by atoms with Gasteiger partial charge in [-0.25, -0.2) is 4.98 Å². The van der Waals surface area contributed by atoms with E-state index in [0.29, 0.717) is 22.5 Å². The maximum absolute atomic E-state index is 11.6. The molecule has 1 amide bonds. The van der Waals surface area contributed by atoms with Crippen LogP contribution in [0.4, 0.5) is 0 Å². The highest BCUT2D eigenvalue weighted by Gasteiger charge is 2.13. The van der Waals surface area contributed by atoms with E-state index in [4.69, 9.17) is 9.47 Å². The Kier molecular flexibility index (Phi) is 5.86. The van der Waals surface area contributed by atoms with Crippen molar-refractivity contribution in [1.82, 2.24) is 20.5 Å². The van der Waals surface area contributed by atoms with E-state index in [1.165, 1.54) is 11.8 Å². The number of hydrogen-bond acceptors (Lipinski definition) is 6. The molecule has 0 bridgehead atoms. The average Bonchev–Trinajstić information content (AvgIpc) is 3.00. The molecule has 0 aliphatic heterocycles. The Bertz CT molecular complexity index is 672. The SMILES string of the molecule is COc1ccc(-c2nc(SCC(=O)NC(C)C)n[nH]2)c(OC)c1. The van der Waals surface area contributed by atoms with Crippen LogP contribution in [0.3, 0.4) is 0 Å². The van der Waals surface area contributed by atoms with Gasteiger partial charge in [0.05, 0.1) is 25.5 Å². The maximum atomic E-state index is 11.6. The van der Waals surface area contributed by atoms with Crippen LogP contribution in [0, 0.1) is 0 Å². The minimum absolute atomic E-state index is 0.0432. The Hall–Kier alpha value is -2.22. The number of ether oxygens (including phenoxy) is 2. The summed E-state index contributed by atoms with van der Waals surface area (Å²) < 4.78 is 10.5. The number of carbonyl (C=O) groups excluding carboxylic acids is 1. The van der Waals surface area contributed by atoms with Gasteiger partial charge in [-0.15, -0.1) is 5.10 Å². The molecule has 2 rings (SSSR count). The lowest BCUT2D eigenvalue weighted by Gasteiger charge is -2.08. The van der Waals surface area contributed by atoms with Crippen molar-refractivity contribution in [3.8, 4) is 22.9 Å². The molecule has 124 valence electrons. The number of aromatic nitrogens is 3. The molecule has 1 heterocycles. The largest absolute Gasteiger partial charge is 0.497 e. The molecule has 0 aliphatic rings. The number of benzene rings is 1. The summed E-state index contributed by atoms with van der Waals surface area (Å²) in [5.41, 5.74) is 0.777. The molecular formula is C15H20N4O3S. The van der Waals surface area contributed by atoms with E-state index in [1.54, 1.807) is 20.3 Å². The summed E-state index contributed by atoms with van der Waals surface area (Å²) in [6.45, 7) is 3.84. The molecule has 8 heteroatoms. The van der Waals surface area contributed by atoms with Crippen LogP contribution in [0.2, 0.25) is 0 Å². The molecular weight excluding hydrogens is 316 g/mol. The molecule has 0 saturated carbocycles. The van der Waals surface area contributed by atoms with Gasteiger partial charge in [0.25, 0.3) is 0 Å². The summed E-state index contributed by atoms with van der Waals surface area (Å²) in [5.74, 6) is 2.14. The van der Waals surface area contributed by atoms with E-state index in [0.717, 1.165) is 5.56 Å². The number of aromatic amines is 1. The van der Waals surface area contributed by atoms with Crippen LogP contribution in [0.25, 0.3) is 11.4 Å². The van der Waals surface area contributed by atoms with E-state index in [9.17, 15) is 4.79 Å². The summed E-state index contributed by atoms with van der Waals surface area (Å²) >= 11 is 1.28. The molecule has 1 aromatic carbocycles. The van der Waals surface area contributed by atoms with Crippen LogP contribution in [-0.4, -0.2) is 47.1 Å². The van der Waals surface area contributed by atoms with Crippen LogP contribution >= 0.6 is 11.8 Å². The fourth-order valence-corrected chi connectivity index (χ4v) is 2.53. The number of carbonyl (C=O) groups is 1. The first-order valence-electron chi connectivity index (χ1n) is 7.10. The maximum Gasteiger partial charge on any atom is 0.230 e. The van der Waals surface area contributed by atoms with Crippen molar-refractivity contribution in [3.63, 3.8) is 0 Å². The van der Waals surface area contributed by atoms with Crippen LogP contribution in [0.5, 0.6) is 11.5 Å². The van der Waals surface area contributed by atoms with Gasteiger partial charge in [-0.1, -0.05) is 11.8 Å². The second kappa shape index (κ2) is 7.87. The Balaban J connectivity index is 2.08. The minimum atomic E-state index is -0.0432. The van der Waals surface area contributed by atoms with Gasteiger partial charge in [0, 0.05) is 12.1 Å². The molecule has 7 nitrogen and oxygen atoms in total. The molecule has 0 fully saturated rings. The van der Waals surface area contributed by atoms with Crippen molar-refractivity contribution in [2.45, 2.75) is 25.0 Å². The Morgan fingerprint density at radius 1 is 1.35 bits per heavy atom. The topological polar surface area (TPSA) is 89.1 Å². The number of rotatable bonds is 7. The second-order valence-corrected chi connectivity index (χ2v) is 5.99. The molecule has 0 radical (unpaired) electrons. The quantitative estimate of drug-likeness (QED) is 0.753. The first-order chi connectivity index (χ1) is 11.0. The zero-order valence-corrected chi connectivity index (χ0v) is 14.4. The van der Waals surface area contributed by atoms with E-state index in [2.05, 4.69) is 20.5 Å². The fourth-order valence-electron chi connectivity index (χ4n) is 1.92. The molecule has 0 atom stereocenters. The third kappa shape index (κ3) is 4.62. The number of H-pyrrole nitrogens is 1. The lowest BCUT2D eigenvalue weighted by molar-refractivity contribution is -0.119. The van der Waals surface area contributed by atoms with Crippen molar-refractivity contribution in [2.24, 2.45) is 0 Å². The summed E-state index contributed by atoms with van der Waals surface area (Å²) in [6.07, 6.45) is 0. The zero-order chi connectivity index (χ0) is 16.8. The smallest absolute Gasteiger partial charge is 0.230 e. The van der Waals surface area contributed by atoms with Crippen molar-refractivity contribution < 1.29 is 14.3 Å². The highest BCUT2D eigenvalue weighted by molar-refractivity contribution is 7.99. The second-order valence-electron chi connectivity index (χ2n) is 5.04. The van der Waals surface area contributed by atoms with Gasteiger partial charge in [-0.2, -0.15) is 0 Å². The molecule has 0 aliphatic carbocycles. The van der Waals surface area contributed by atoms with Gasteiger partial charge in [0.1, 0.15) is 11.5 Å². The lowest BCUT2D eigenvalue weighted by Crippen LogP contribution is -2.31. The molecule has 23 heavy (non-hydrogen) atoms. The summed E-state index contributed by atoms with van der Waals surface area (Å²) in [4.78, 5) is 16.0. The Morgan fingerprint density at radius 3 is 2.78 bits per heavy atom. The van der Waals surface area contributed by atoms with Crippen LogP contribution in [-0.2, 0) is 4.79 Å². The van der Waals surface area contributed by atoms with Crippen LogP contribution in [0.1, 0.15) is 13.8 Å². The summed E-state index contributed by atoms with van der Waals surface area (Å²) in [6, 6.07) is 5.57. The number of methoxy groups -OCH3 is 2. The third-order valence-electron chi connectivity index (χ3n) is 2.91. The van der Waals surface area contributed by atoms with Gasteiger partial charge in [0.2, 0.25) is 11.1 Å². The van der Waals surface area contributed by atoms with Gasteiger partial charge < -0.3 is 14.8 Å². The molecule has 0 saturated heterocycles. The van der Waals surface area contributed by atoms with Gasteiger partial charge in [-0.05, 0) is 26.0 Å². The lowest BCUT2D eigenvalue weighted by atomic mass is 10.2. The highest BCUT2D eigenvalue weighted by Crippen LogP contribution is 2.31. The number of hydrogen-bond donors (Lipinski definition) is 2. The number of nitrogens with one attached hydrogen (secondary N) is 2. The summed E-state index contributed by atoms with van der Waals surface area (Å²) in [5, 5.41) is 10.3. The van der Waals surface area contributed by atoms with Crippen molar-refractivity contribution in [1.29, 1.82) is 0 Å². The van der Waals surface area contributed by atoms with E-state index >= 15 is 0 Å². The van der Waals surface area contributed by atoms with Crippen molar-refractivity contribution >= 4 is 17.7 Å². The number of thioether (sulfide) groups is 1. The zero-order valence-electron chi connectivity index (χ0n) is 13.5. The minimum Gasteiger partial charge on any atom is -0.497 e. The molecule has 2 N–H and O–H groups in total. The Morgan fingerprint density at radius 2 is 2.13 bits per heavy atom. The summed E-state index contributed by atoms with van der Waals surface area (Å²) in [7, 11) is 3.18. The average molecular weight is 336 g/mol. The number of nitrogens with zero attached hydrogens (tertiary/aromatic N) is 2. The molecule has 0 unspecified atom stereocenters. The first-order valence-corrected chi connectivity index (χ1v) is 8.09. The van der Waals surface area contributed by atoms with Gasteiger partial charge in [-0.3, -0.25) is 9.89 Å². The third-order valence-corrected chi connectivity index (χ3v) is 3.76. The number of amides is 1. The van der Waals surface area contributed by atoms with Gasteiger partial charge in [0.15, 0.2) is 5.82 Å². The molecule has 2 aromatic rings. The van der Waals surface area contributed by atoms with Gasteiger partial charge >= 0.3 is 0 Å². The van der Waals surface area contributed by atoms with E-state index < -0.39 is 0 Å². The molecule has 0 spiro atoms. The standard InChI is InChI=1S/C15H20N4O3S/c1-9(2)16-13(20)8-23-15-17-14(18-19-15)11-6-5-10(21-3)7-12(11)22-4/h5-7,9H,8H2,1-4H3,(H,16,20)(H,17,18,19). The first kappa shape index (κ1) is 17.1. The van der Waals surface area contributed by atoms with E-state index in [-0.39, 0.29) is 17.7 Å². The van der Waals surface area contributed by atoms with Crippen LogP contribution < -0.4 is 14.8 Å². The van der Waals surface area contributed by atoms with Crippen molar-refractivity contribution in [2.75, 3.05) is 20.0 Å². The normalized spacial score (nSPS) is 10.7. The predicted molar refractivity (Wildman–Crippen MR) is 88.9 cm³/mol. The van der Waals surface area contributed by atoms with Crippen LogP contribution in [0.15, 0.2) is 23.4 Å². The predicted octanol–water partition coefficient (Wildman–Crippen LogP) is 2.11. The molecule has 1 aromatic heterocycles. The Labute approximate surface area is 139 Å². The monoisotopic (exact) mass is 336 g/mol. The highest BCUT2D eigenvalue weighted by atomic mass is 32.2. The van der Waals surface area contributed by atoms with Crippen molar-refractivity contribution in [3.05, 3.63) is 18.2 Å². The van der Waals surface area contributed by atoms with E-state index in [1.807, 2.05) is 26.0 Å².